The molecule has 0 radical (unpaired) electrons. The number of nitrogens with zero attached hydrogens (tertiary/aromatic N) is 3. The lowest BCUT2D eigenvalue weighted by atomic mass is 9.99. The van der Waals surface area contributed by atoms with Crippen LogP contribution < -0.4 is 15.5 Å². The van der Waals surface area contributed by atoms with Gasteiger partial charge in [0.15, 0.2) is 0 Å². The van der Waals surface area contributed by atoms with E-state index < -0.39 is 11.6 Å². The van der Waals surface area contributed by atoms with Crippen molar-refractivity contribution < 1.29 is 14.4 Å². The Kier molecular flexibility index (Phi) is 4.41. The molecular formula is C19H25N5O3. The van der Waals surface area contributed by atoms with Gasteiger partial charge in [0.25, 0.3) is 5.91 Å². The first-order chi connectivity index (χ1) is 13.0. The molecule has 0 bridgehead atoms. The summed E-state index contributed by atoms with van der Waals surface area (Å²) < 4.78 is 0. The predicted molar refractivity (Wildman–Crippen MR) is 102 cm³/mol. The molecular weight excluding hydrogens is 346 g/mol. The van der Waals surface area contributed by atoms with Crippen LogP contribution in [-0.4, -0.2) is 66.5 Å². The van der Waals surface area contributed by atoms with Crippen LogP contribution in [0.1, 0.15) is 25.7 Å². The minimum absolute atomic E-state index is 0.194. The van der Waals surface area contributed by atoms with Gasteiger partial charge in [-0.05, 0) is 37.8 Å². The highest BCUT2D eigenvalue weighted by atomic mass is 16.2. The number of carbonyl (C=O) groups excluding carboxylic acids is 3. The first-order valence-electron chi connectivity index (χ1n) is 9.50. The molecule has 8 nitrogen and oxygen atoms in total. The lowest BCUT2D eigenvalue weighted by Gasteiger charge is -2.31. The summed E-state index contributed by atoms with van der Waals surface area (Å²) in [4.78, 5) is 42.0. The summed E-state index contributed by atoms with van der Waals surface area (Å²) in [5.41, 5.74) is 0.837. The van der Waals surface area contributed by atoms with E-state index in [1.54, 1.807) is 4.90 Å². The Balaban J connectivity index is 1.46. The Hall–Kier alpha value is -2.77. The predicted octanol–water partition coefficient (Wildman–Crippen LogP) is 1.83. The molecule has 144 valence electrons. The number of likely N-dealkylation sites (tertiary alicyclic amines) is 1. The number of urea groups is 2. The van der Waals surface area contributed by atoms with Crippen molar-refractivity contribution in [2.75, 3.05) is 43.4 Å². The largest absolute Gasteiger partial charge is 0.370 e. The number of hydrogen-bond acceptors (Lipinski definition) is 4. The molecule has 3 fully saturated rings. The number of carbonyl (C=O) groups is 3. The zero-order chi connectivity index (χ0) is 19.0. The van der Waals surface area contributed by atoms with Crippen LogP contribution in [0.15, 0.2) is 24.3 Å². The highest BCUT2D eigenvalue weighted by Crippen LogP contribution is 2.31. The number of nitrogens with one attached hydrogen (secondary N) is 2. The van der Waals surface area contributed by atoms with Crippen LogP contribution in [0, 0.1) is 0 Å². The maximum absolute atomic E-state index is 12.8. The van der Waals surface area contributed by atoms with Crippen molar-refractivity contribution in [2.45, 2.75) is 31.2 Å². The average molecular weight is 371 g/mol. The molecule has 1 aromatic rings. The summed E-state index contributed by atoms with van der Waals surface area (Å²) in [7, 11) is 1.46. The minimum Gasteiger partial charge on any atom is -0.370 e. The lowest BCUT2D eigenvalue weighted by molar-refractivity contribution is -0.129. The molecule has 1 atom stereocenters. The zero-order valence-corrected chi connectivity index (χ0v) is 15.5. The minimum atomic E-state index is -0.977. The second-order valence-corrected chi connectivity index (χ2v) is 7.54. The van der Waals surface area contributed by atoms with Gasteiger partial charge in [0.05, 0.1) is 17.9 Å². The van der Waals surface area contributed by atoms with Crippen LogP contribution >= 0.6 is 0 Å². The van der Waals surface area contributed by atoms with Crippen molar-refractivity contribution in [2.24, 2.45) is 0 Å². The van der Waals surface area contributed by atoms with Crippen molar-refractivity contribution in [1.82, 2.24) is 15.1 Å². The summed E-state index contributed by atoms with van der Waals surface area (Å²) in [5, 5.41) is 5.75. The van der Waals surface area contributed by atoms with Crippen molar-refractivity contribution in [3.05, 3.63) is 24.3 Å². The van der Waals surface area contributed by atoms with E-state index in [0.717, 1.165) is 42.2 Å². The van der Waals surface area contributed by atoms with Crippen LogP contribution in [0.5, 0.6) is 0 Å². The van der Waals surface area contributed by atoms with Gasteiger partial charge in [0.1, 0.15) is 5.54 Å². The lowest BCUT2D eigenvalue weighted by Crippen LogP contribution is -2.50. The molecule has 1 aromatic carbocycles. The van der Waals surface area contributed by atoms with E-state index in [1.807, 2.05) is 24.3 Å². The molecule has 27 heavy (non-hydrogen) atoms. The van der Waals surface area contributed by atoms with Gasteiger partial charge in [-0.2, -0.15) is 0 Å². The van der Waals surface area contributed by atoms with E-state index in [1.165, 1.54) is 13.5 Å². The number of para-hydroxylation sites is 2. The van der Waals surface area contributed by atoms with Crippen LogP contribution in [0.4, 0.5) is 21.0 Å². The number of likely N-dealkylation sites (N-methyl/N-ethyl adjacent to an activating group) is 1. The molecule has 0 aromatic heterocycles. The Labute approximate surface area is 158 Å². The molecule has 1 spiro atoms. The number of amides is 5. The monoisotopic (exact) mass is 371 g/mol. The SMILES string of the molecule is CN1C(=O)NC2(CCN(C(=O)Nc3ccccc3N3CCCCC3)C2)C1=O. The summed E-state index contributed by atoms with van der Waals surface area (Å²) in [6, 6.07) is 7.18. The van der Waals surface area contributed by atoms with Gasteiger partial charge in [-0.15, -0.1) is 0 Å². The van der Waals surface area contributed by atoms with Crippen LogP contribution in [0.25, 0.3) is 0 Å². The normalized spacial score (nSPS) is 25.3. The molecule has 3 heterocycles. The highest BCUT2D eigenvalue weighted by Gasteiger charge is 2.54. The maximum Gasteiger partial charge on any atom is 0.324 e. The molecule has 2 N–H and O–H groups in total. The van der Waals surface area contributed by atoms with Crippen LogP contribution in [0.2, 0.25) is 0 Å². The quantitative estimate of drug-likeness (QED) is 0.777. The molecule has 3 aliphatic heterocycles. The van der Waals surface area contributed by atoms with Crippen LogP contribution in [-0.2, 0) is 4.79 Å². The second-order valence-electron chi connectivity index (χ2n) is 7.54. The first-order valence-corrected chi connectivity index (χ1v) is 9.50. The molecule has 0 aliphatic carbocycles. The molecule has 1 unspecified atom stereocenters. The third-order valence-electron chi connectivity index (χ3n) is 5.76. The fraction of sp³-hybridized carbons (Fsp3) is 0.526. The molecule has 5 amide bonds. The van der Waals surface area contributed by atoms with E-state index in [0.29, 0.717) is 13.0 Å². The molecule has 3 aliphatic rings. The first kappa shape index (κ1) is 17.6. The fourth-order valence-corrected chi connectivity index (χ4v) is 4.20. The van der Waals surface area contributed by atoms with Gasteiger partial charge in [0.2, 0.25) is 0 Å². The number of imide groups is 1. The molecule has 0 saturated carbocycles. The number of hydrogen-bond donors (Lipinski definition) is 2. The van der Waals surface area contributed by atoms with Gasteiger partial charge >= 0.3 is 12.1 Å². The van der Waals surface area contributed by atoms with Gasteiger partial charge in [-0.1, -0.05) is 12.1 Å². The Morgan fingerprint density at radius 3 is 2.56 bits per heavy atom. The van der Waals surface area contributed by atoms with Crippen molar-refractivity contribution in [3.63, 3.8) is 0 Å². The van der Waals surface area contributed by atoms with E-state index in [2.05, 4.69) is 15.5 Å². The average Bonchev–Trinajstić information content (AvgIpc) is 3.21. The van der Waals surface area contributed by atoms with Crippen LogP contribution in [0.3, 0.4) is 0 Å². The number of rotatable bonds is 2. The Bertz CT molecular complexity index is 776. The highest BCUT2D eigenvalue weighted by molar-refractivity contribution is 6.07. The summed E-state index contributed by atoms with van der Waals surface area (Å²) in [5.74, 6) is -0.267. The van der Waals surface area contributed by atoms with Gasteiger partial charge < -0.3 is 20.4 Å². The number of benzene rings is 1. The molecule has 4 rings (SSSR count). The number of anilines is 2. The standard InChI is InChI=1S/C19H25N5O3/c1-22-16(25)19(21-18(22)27)9-12-24(13-19)17(26)20-14-7-3-4-8-15(14)23-10-5-2-6-11-23/h3-4,7-8H,2,5-6,9-13H2,1H3,(H,20,26)(H,21,27). The van der Waals surface area contributed by atoms with Crippen molar-refractivity contribution in [1.29, 1.82) is 0 Å². The van der Waals surface area contributed by atoms with E-state index >= 15 is 0 Å². The Morgan fingerprint density at radius 2 is 1.85 bits per heavy atom. The summed E-state index contributed by atoms with van der Waals surface area (Å²) in [6.07, 6.45) is 4.00. The third-order valence-corrected chi connectivity index (χ3v) is 5.76. The van der Waals surface area contributed by atoms with E-state index in [9.17, 15) is 14.4 Å². The molecule has 8 heteroatoms. The van der Waals surface area contributed by atoms with E-state index in [-0.39, 0.29) is 18.5 Å². The summed E-state index contributed by atoms with van der Waals surface area (Å²) in [6.45, 7) is 2.61. The number of piperidine rings is 1. The van der Waals surface area contributed by atoms with Gasteiger partial charge in [-0.3, -0.25) is 9.69 Å². The smallest absolute Gasteiger partial charge is 0.324 e. The van der Waals surface area contributed by atoms with E-state index in [4.69, 9.17) is 0 Å². The van der Waals surface area contributed by atoms with Gasteiger partial charge in [-0.25, -0.2) is 9.59 Å². The van der Waals surface area contributed by atoms with Crippen molar-refractivity contribution >= 4 is 29.3 Å². The fourth-order valence-electron chi connectivity index (χ4n) is 4.20. The topological polar surface area (TPSA) is 85.0 Å². The second kappa shape index (κ2) is 6.75. The Morgan fingerprint density at radius 1 is 1.11 bits per heavy atom. The summed E-state index contributed by atoms with van der Waals surface area (Å²) >= 11 is 0. The third kappa shape index (κ3) is 3.09. The maximum atomic E-state index is 12.8. The van der Waals surface area contributed by atoms with Gasteiger partial charge in [0, 0.05) is 26.7 Å². The molecule has 3 saturated heterocycles. The zero-order valence-electron chi connectivity index (χ0n) is 15.5. The van der Waals surface area contributed by atoms with Crippen molar-refractivity contribution in [3.8, 4) is 0 Å².